The maximum atomic E-state index is 11.8. The number of aliphatic carboxylic acids is 1. The van der Waals surface area contributed by atoms with E-state index in [2.05, 4.69) is 5.32 Å². The molecular weight excluding hydrogens is 314 g/mol. The van der Waals surface area contributed by atoms with Crippen LogP contribution in [0.25, 0.3) is 0 Å². The predicted octanol–water partition coefficient (Wildman–Crippen LogP) is 1.10. The first-order valence-corrected chi connectivity index (χ1v) is 7.70. The van der Waals surface area contributed by atoms with Crippen LogP contribution in [-0.4, -0.2) is 40.2 Å². The summed E-state index contributed by atoms with van der Waals surface area (Å²) in [6, 6.07) is 7.50. The van der Waals surface area contributed by atoms with E-state index in [1.165, 1.54) is 0 Å². The van der Waals surface area contributed by atoms with Crippen LogP contribution in [0.3, 0.4) is 0 Å². The van der Waals surface area contributed by atoms with Crippen LogP contribution in [0.15, 0.2) is 30.3 Å². The number of benzene rings is 1. The Morgan fingerprint density at radius 3 is 2.33 bits per heavy atom. The van der Waals surface area contributed by atoms with Crippen molar-refractivity contribution in [2.24, 2.45) is 5.92 Å². The van der Waals surface area contributed by atoms with Gasteiger partial charge in [-0.15, -0.1) is 0 Å². The molecule has 0 aliphatic carbocycles. The van der Waals surface area contributed by atoms with E-state index in [1.807, 2.05) is 19.9 Å². The molecule has 0 fully saturated rings. The van der Waals surface area contributed by atoms with Crippen molar-refractivity contribution in [1.29, 1.82) is 0 Å². The molecule has 0 unspecified atom stereocenters. The molecule has 132 valence electrons. The lowest BCUT2D eigenvalue weighted by molar-refractivity contribution is -0.151. The Kier molecular flexibility index (Phi) is 7.91. The second-order valence-corrected chi connectivity index (χ2v) is 5.90. The molecular formula is C17H23NO6. The van der Waals surface area contributed by atoms with Crippen molar-refractivity contribution in [2.45, 2.75) is 45.4 Å². The maximum absolute atomic E-state index is 11.8. The molecule has 0 heterocycles. The van der Waals surface area contributed by atoms with Gasteiger partial charge >= 0.3 is 11.9 Å². The SMILES string of the molecule is CC(C)C[C@H](O)C(=O)N[C@@H](CC(=O)OCc1ccccc1)C(=O)O. The highest BCUT2D eigenvalue weighted by Crippen LogP contribution is 2.07. The number of nitrogens with one attached hydrogen (secondary N) is 1. The zero-order chi connectivity index (χ0) is 18.1. The smallest absolute Gasteiger partial charge is 0.326 e. The fraction of sp³-hybridized carbons (Fsp3) is 0.471. The number of aliphatic hydroxyl groups is 1. The van der Waals surface area contributed by atoms with Crippen LogP contribution >= 0.6 is 0 Å². The summed E-state index contributed by atoms with van der Waals surface area (Å²) in [6.07, 6.45) is -1.62. The van der Waals surface area contributed by atoms with Gasteiger partial charge in [-0.25, -0.2) is 4.79 Å². The van der Waals surface area contributed by atoms with Gasteiger partial charge in [-0.2, -0.15) is 0 Å². The van der Waals surface area contributed by atoms with Crippen LogP contribution in [0.5, 0.6) is 0 Å². The first kappa shape index (κ1) is 19.6. The van der Waals surface area contributed by atoms with Crippen LogP contribution in [0.2, 0.25) is 0 Å². The Morgan fingerprint density at radius 2 is 1.79 bits per heavy atom. The van der Waals surface area contributed by atoms with Crippen LogP contribution in [-0.2, 0) is 25.7 Å². The number of rotatable bonds is 9. The normalized spacial score (nSPS) is 13.2. The highest BCUT2D eigenvalue weighted by atomic mass is 16.5. The zero-order valence-electron chi connectivity index (χ0n) is 13.8. The summed E-state index contributed by atoms with van der Waals surface area (Å²) in [6.45, 7) is 3.67. The summed E-state index contributed by atoms with van der Waals surface area (Å²) in [7, 11) is 0. The number of carbonyl (C=O) groups excluding carboxylic acids is 2. The van der Waals surface area contributed by atoms with Crippen molar-refractivity contribution in [2.75, 3.05) is 0 Å². The van der Waals surface area contributed by atoms with E-state index in [9.17, 15) is 19.5 Å². The lowest BCUT2D eigenvalue weighted by atomic mass is 10.1. The third kappa shape index (κ3) is 7.23. The van der Waals surface area contributed by atoms with E-state index >= 15 is 0 Å². The topological polar surface area (TPSA) is 113 Å². The Hall–Kier alpha value is -2.41. The summed E-state index contributed by atoms with van der Waals surface area (Å²) in [5.74, 6) is -2.85. The van der Waals surface area contributed by atoms with Crippen molar-refractivity contribution in [3.63, 3.8) is 0 Å². The monoisotopic (exact) mass is 337 g/mol. The van der Waals surface area contributed by atoms with Crippen LogP contribution in [0.4, 0.5) is 0 Å². The molecule has 1 amide bonds. The highest BCUT2D eigenvalue weighted by molar-refractivity contribution is 5.88. The van der Waals surface area contributed by atoms with Gasteiger partial charge in [0.15, 0.2) is 0 Å². The standard InChI is InChI=1S/C17H23NO6/c1-11(2)8-14(19)16(21)18-13(17(22)23)9-15(20)24-10-12-6-4-3-5-7-12/h3-7,11,13-14,19H,8-10H2,1-2H3,(H,18,21)(H,22,23)/t13-,14-/m0/s1. The molecule has 1 rings (SSSR count). The van der Waals surface area contributed by atoms with Gasteiger partial charge in [0.25, 0.3) is 0 Å². The number of amides is 1. The molecule has 1 aromatic carbocycles. The summed E-state index contributed by atoms with van der Waals surface area (Å²) < 4.78 is 5.00. The molecule has 1 aromatic rings. The minimum Gasteiger partial charge on any atom is -0.480 e. The number of esters is 1. The molecule has 0 radical (unpaired) electrons. The van der Waals surface area contributed by atoms with Crippen molar-refractivity contribution >= 4 is 17.8 Å². The number of hydrogen-bond acceptors (Lipinski definition) is 5. The third-order valence-corrected chi connectivity index (χ3v) is 3.23. The molecule has 0 saturated carbocycles. The molecule has 0 aliphatic heterocycles. The van der Waals surface area contributed by atoms with Crippen LogP contribution in [0, 0.1) is 5.92 Å². The summed E-state index contributed by atoms with van der Waals surface area (Å²) in [5, 5.41) is 21.0. The molecule has 7 nitrogen and oxygen atoms in total. The third-order valence-electron chi connectivity index (χ3n) is 3.23. The zero-order valence-corrected chi connectivity index (χ0v) is 13.8. The first-order chi connectivity index (χ1) is 11.3. The number of carbonyl (C=O) groups is 3. The Balaban J connectivity index is 2.51. The second-order valence-electron chi connectivity index (χ2n) is 5.90. The van der Waals surface area contributed by atoms with Crippen molar-refractivity contribution in [1.82, 2.24) is 5.32 Å². The lowest BCUT2D eigenvalue weighted by Gasteiger charge is -2.17. The molecule has 0 bridgehead atoms. The molecule has 0 spiro atoms. The minimum absolute atomic E-state index is 0.0237. The number of hydrogen-bond donors (Lipinski definition) is 3. The van der Waals surface area contributed by atoms with Gasteiger partial charge in [0, 0.05) is 0 Å². The fourth-order valence-electron chi connectivity index (χ4n) is 1.99. The molecule has 7 heteroatoms. The Bertz CT molecular complexity index is 557. The van der Waals surface area contributed by atoms with Crippen molar-refractivity contribution in [3.8, 4) is 0 Å². The Labute approximate surface area is 140 Å². The van der Waals surface area contributed by atoms with Crippen LogP contribution in [0.1, 0.15) is 32.3 Å². The van der Waals surface area contributed by atoms with Crippen molar-refractivity contribution in [3.05, 3.63) is 35.9 Å². The van der Waals surface area contributed by atoms with E-state index in [-0.39, 0.29) is 18.9 Å². The Morgan fingerprint density at radius 1 is 1.17 bits per heavy atom. The quantitative estimate of drug-likeness (QED) is 0.582. The van der Waals surface area contributed by atoms with Crippen LogP contribution < -0.4 is 5.32 Å². The number of carboxylic acid groups (broad SMARTS) is 1. The summed E-state index contributed by atoms with van der Waals surface area (Å²) in [5.41, 5.74) is 0.772. The lowest BCUT2D eigenvalue weighted by Crippen LogP contribution is -2.46. The van der Waals surface area contributed by atoms with E-state index in [1.54, 1.807) is 24.3 Å². The van der Waals surface area contributed by atoms with Gasteiger partial charge in [-0.05, 0) is 17.9 Å². The maximum Gasteiger partial charge on any atom is 0.326 e. The number of carboxylic acids is 1. The average molecular weight is 337 g/mol. The number of aliphatic hydroxyl groups excluding tert-OH is 1. The minimum atomic E-state index is -1.44. The average Bonchev–Trinajstić information content (AvgIpc) is 2.52. The summed E-state index contributed by atoms with van der Waals surface area (Å²) in [4.78, 5) is 34.7. The number of ether oxygens (including phenoxy) is 1. The molecule has 3 N–H and O–H groups in total. The summed E-state index contributed by atoms with van der Waals surface area (Å²) >= 11 is 0. The largest absolute Gasteiger partial charge is 0.480 e. The van der Waals surface area contributed by atoms with Crippen molar-refractivity contribution < 1.29 is 29.3 Å². The van der Waals surface area contributed by atoms with Gasteiger partial charge in [0.2, 0.25) is 5.91 Å². The van der Waals surface area contributed by atoms with Gasteiger partial charge < -0.3 is 20.3 Å². The van der Waals surface area contributed by atoms with Gasteiger partial charge in [0.1, 0.15) is 18.8 Å². The fourth-order valence-corrected chi connectivity index (χ4v) is 1.99. The van der Waals surface area contributed by atoms with E-state index in [0.717, 1.165) is 5.56 Å². The van der Waals surface area contributed by atoms with Gasteiger partial charge in [0.05, 0.1) is 6.42 Å². The highest BCUT2D eigenvalue weighted by Gasteiger charge is 2.27. The molecule has 2 atom stereocenters. The van der Waals surface area contributed by atoms with E-state index < -0.39 is 36.4 Å². The second kappa shape index (κ2) is 9.67. The molecule has 0 aliphatic rings. The van der Waals surface area contributed by atoms with E-state index in [4.69, 9.17) is 9.84 Å². The molecule has 0 aromatic heterocycles. The van der Waals surface area contributed by atoms with E-state index in [0.29, 0.717) is 0 Å². The molecule has 0 saturated heterocycles. The molecule has 24 heavy (non-hydrogen) atoms. The predicted molar refractivity (Wildman–Crippen MR) is 85.9 cm³/mol. The first-order valence-electron chi connectivity index (χ1n) is 7.70. The van der Waals surface area contributed by atoms with Gasteiger partial charge in [-0.3, -0.25) is 9.59 Å². The van der Waals surface area contributed by atoms with Gasteiger partial charge in [-0.1, -0.05) is 44.2 Å².